The highest BCUT2D eigenvalue weighted by molar-refractivity contribution is 7.99. The molecular weight excluding hydrogens is 549 g/mol. The molecule has 6 atom stereocenters. The van der Waals surface area contributed by atoms with Crippen molar-refractivity contribution in [3.8, 4) is 0 Å². The Balaban J connectivity index is 1.35. The maximum atomic E-state index is 13.0. The number of fused-ring (bicyclic) bond motifs is 1. The van der Waals surface area contributed by atoms with E-state index < -0.39 is 41.9 Å². The van der Waals surface area contributed by atoms with E-state index in [0.717, 1.165) is 35.9 Å². The SMILES string of the molecule is O=C(O)[C@H]1C[C@@H](n2nnc3c(N[C@@H]4C[C@H]4c4ccccc4)nc(Sc4ccc(C(F)(F)F)cc4)nc32)[C@H](O)[C@@H]1O. The van der Waals surface area contributed by atoms with E-state index in [0.29, 0.717) is 10.7 Å². The third-order valence-electron chi connectivity index (χ3n) is 7.32. The fraction of sp³-hybridized carbons (Fsp3) is 0.346. The molecule has 0 unspecified atom stereocenters. The number of carboxylic acids is 1. The zero-order valence-corrected chi connectivity index (χ0v) is 21.4. The summed E-state index contributed by atoms with van der Waals surface area (Å²) in [4.78, 5) is 21.2. The smallest absolute Gasteiger partial charge is 0.416 e. The van der Waals surface area contributed by atoms with Crippen LogP contribution in [-0.2, 0) is 11.0 Å². The van der Waals surface area contributed by atoms with Gasteiger partial charge in [-0.05, 0) is 54.4 Å². The van der Waals surface area contributed by atoms with Crippen LogP contribution in [0.2, 0.25) is 0 Å². The minimum absolute atomic E-state index is 0.0462. The summed E-state index contributed by atoms with van der Waals surface area (Å²) in [6.45, 7) is 0. The van der Waals surface area contributed by atoms with Crippen LogP contribution < -0.4 is 5.32 Å². The molecule has 208 valence electrons. The second-order valence-corrected chi connectivity index (χ2v) is 11.0. The van der Waals surface area contributed by atoms with Crippen LogP contribution in [0.4, 0.5) is 19.0 Å². The normalized spacial score (nSPS) is 26.2. The summed E-state index contributed by atoms with van der Waals surface area (Å²) in [7, 11) is 0. The summed E-state index contributed by atoms with van der Waals surface area (Å²) in [5, 5.41) is 42.3. The molecule has 0 radical (unpaired) electrons. The van der Waals surface area contributed by atoms with Crippen LogP contribution in [0.1, 0.15) is 35.9 Å². The Kier molecular flexibility index (Phi) is 6.63. The van der Waals surface area contributed by atoms with E-state index in [-0.39, 0.29) is 34.7 Å². The highest BCUT2D eigenvalue weighted by Crippen LogP contribution is 2.44. The lowest BCUT2D eigenvalue weighted by Crippen LogP contribution is -2.32. The van der Waals surface area contributed by atoms with Gasteiger partial charge in [0, 0.05) is 16.9 Å². The number of carbonyl (C=O) groups is 1. The first-order valence-corrected chi connectivity index (χ1v) is 13.3. The lowest BCUT2D eigenvalue weighted by atomic mass is 10.1. The maximum Gasteiger partial charge on any atom is 0.416 e. The van der Waals surface area contributed by atoms with Crippen molar-refractivity contribution in [1.29, 1.82) is 0 Å². The van der Waals surface area contributed by atoms with Gasteiger partial charge in [-0.1, -0.05) is 35.5 Å². The molecule has 2 heterocycles. The molecular formula is C26H23F3N6O4S. The Labute approximate surface area is 229 Å². The van der Waals surface area contributed by atoms with E-state index in [1.807, 2.05) is 30.3 Å². The largest absolute Gasteiger partial charge is 0.481 e. The number of anilines is 1. The Morgan fingerprint density at radius 1 is 1.00 bits per heavy atom. The highest BCUT2D eigenvalue weighted by atomic mass is 32.2. The van der Waals surface area contributed by atoms with Crippen LogP contribution in [-0.4, -0.2) is 64.5 Å². The van der Waals surface area contributed by atoms with Gasteiger partial charge in [-0.2, -0.15) is 13.2 Å². The number of aliphatic hydroxyl groups is 2. The van der Waals surface area contributed by atoms with Gasteiger partial charge >= 0.3 is 12.1 Å². The van der Waals surface area contributed by atoms with Crippen LogP contribution in [0.15, 0.2) is 64.6 Å². The van der Waals surface area contributed by atoms with Crippen molar-refractivity contribution in [3.63, 3.8) is 0 Å². The minimum atomic E-state index is -4.46. The van der Waals surface area contributed by atoms with Crippen molar-refractivity contribution in [1.82, 2.24) is 25.0 Å². The van der Waals surface area contributed by atoms with Crippen LogP contribution in [0.5, 0.6) is 0 Å². The van der Waals surface area contributed by atoms with Gasteiger partial charge in [0.2, 0.25) is 0 Å². The van der Waals surface area contributed by atoms with E-state index in [9.17, 15) is 33.3 Å². The number of benzene rings is 2. The topological polar surface area (TPSA) is 146 Å². The van der Waals surface area contributed by atoms with Crippen molar-refractivity contribution >= 4 is 34.7 Å². The standard InChI is InChI=1S/C26H23F3N6O4S/c27-26(28,29)13-6-8-14(9-7-13)40-25-31-22(30-17-10-15(17)12-4-2-1-3-5-12)19-23(32-25)35(34-33-19)18-11-16(24(38)39)20(36)21(18)37/h1-9,15-18,20-21,36-37H,10-11H2,(H,38,39)(H,30,31,32)/t15-,16-,17+,18+,20+,21-/m0/s1. The summed E-state index contributed by atoms with van der Waals surface area (Å²) in [6, 6.07) is 13.7. The molecule has 2 saturated carbocycles. The Bertz CT molecular complexity index is 1550. The van der Waals surface area contributed by atoms with Crippen LogP contribution in [0.3, 0.4) is 0 Å². The van der Waals surface area contributed by atoms with E-state index in [1.54, 1.807) is 0 Å². The average Bonchev–Trinajstić information content (AvgIpc) is 3.46. The van der Waals surface area contributed by atoms with Gasteiger partial charge in [-0.3, -0.25) is 4.79 Å². The minimum Gasteiger partial charge on any atom is -0.481 e. The summed E-state index contributed by atoms with van der Waals surface area (Å²) < 4.78 is 40.3. The number of rotatable bonds is 7. The first-order chi connectivity index (χ1) is 19.1. The molecule has 0 amide bonds. The first kappa shape index (κ1) is 26.5. The molecule has 0 aliphatic heterocycles. The van der Waals surface area contributed by atoms with Gasteiger partial charge in [-0.15, -0.1) is 5.10 Å². The van der Waals surface area contributed by atoms with Crippen molar-refractivity contribution in [2.24, 2.45) is 5.92 Å². The van der Waals surface area contributed by atoms with Crippen molar-refractivity contribution in [2.45, 2.75) is 59.3 Å². The van der Waals surface area contributed by atoms with Gasteiger partial charge in [-0.25, -0.2) is 14.6 Å². The fourth-order valence-corrected chi connectivity index (χ4v) is 5.84. The Morgan fingerprint density at radius 3 is 2.38 bits per heavy atom. The van der Waals surface area contributed by atoms with Crippen molar-refractivity contribution in [3.05, 3.63) is 65.7 Å². The molecule has 2 aliphatic carbocycles. The molecule has 40 heavy (non-hydrogen) atoms. The number of halogens is 3. The van der Waals surface area contributed by atoms with Crippen molar-refractivity contribution < 1.29 is 33.3 Å². The van der Waals surface area contributed by atoms with E-state index in [4.69, 9.17) is 0 Å². The van der Waals surface area contributed by atoms with E-state index >= 15 is 0 Å². The fourth-order valence-electron chi connectivity index (χ4n) is 5.09. The first-order valence-electron chi connectivity index (χ1n) is 12.5. The number of nitrogens with one attached hydrogen (secondary N) is 1. The summed E-state index contributed by atoms with van der Waals surface area (Å²) in [6.07, 6.45) is -6.63. The van der Waals surface area contributed by atoms with Gasteiger partial charge in [0.25, 0.3) is 0 Å². The predicted molar refractivity (Wildman–Crippen MR) is 137 cm³/mol. The Morgan fingerprint density at radius 2 is 1.73 bits per heavy atom. The third kappa shape index (κ3) is 4.97. The predicted octanol–water partition coefficient (Wildman–Crippen LogP) is 3.73. The second-order valence-electron chi connectivity index (χ2n) is 9.92. The number of hydrogen-bond donors (Lipinski definition) is 4. The molecule has 0 spiro atoms. The Hall–Kier alpha value is -3.75. The lowest BCUT2D eigenvalue weighted by molar-refractivity contribution is -0.146. The van der Waals surface area contributed by atoms with Gasteiger partial charge in [0.15, 0.2) is 22.1 Å². The molecule has 2 aromatic heterocycles. The van der Waals surface area contributed by atoms with Crippen molar-refractivity contribution in [2.75, 3.05) is 5.32 Å². The quantitative estimate of drug-likeness (QED) is 0.242. The molecule has 0 saturated heterocycles. The summed E-state index contributed by atoms with van der Waals surface area (Å²) in [5.74, 6) is -1.83. The number of aromatic nitrogens is 5. The molecule has 10 nitrogen and oxygen atoms in total. The molecule has 4 N–H and O–H groups in total. The number of alkyl halides is 3. The van der Waals surface area contributed by atoms with Gasteiger partial charge in [0.1, 0.15) is 6.10 Å². The second kappa shape index (κ2) is 10.0. The molecule has 2 aromatic carbocycles. The number of aliphatic hydroxyl groups excluding tert-OH is 2. The monoisotopic (exact) mass is 572 g/mol. The average molecular weight is 573 g/mol. The van der Waals surface area contributed by atoms with Crippen LogP contribution in [0.25, 0.3) is 11.2 Å². The number of nitrogens with zero attached hydrogens (tertiary/aromatic N) is 5. The summed E-state index contributed by atoms with van der Waals surface area (Å²) >= 11 is 1.04. The summed E-state index contributed by atoms with van der Waals surface area (Å²) in [5.41, 5.74) is 0.874. The van der Waals surface area contributed by atoms with Gasteiger partial charge < -0.3 is 20.6 Å². The number of hydrogen-bond acceptors (Lipinski definition) is 9. The molecule has 4 aromatic rings. The van der Waals surface area contributed by atoms with Gasteiger partial charge in [0.05, 0.1) is 23.6 Å². The number of carboxylic acid groups (broad SMARTS) is 1. The zero-order chi connectivity index (χ0) is 28.2. The molecule has 6 rings (SSSR count). The lowest BCUT2D eigenvalue weighted by Gasteiger charge is -2.17. The molecule has 2 fully saturated rings. The number of aliphatic carboxylic acids is 1. The van der Waals surface area contributed by atoms with Crippen LogP contribution in [0, 0.1) is 5.92 Å². The molecule has 0 bridgehead atoms. The molecule has 14 heteroatoms. The zero-order valence-electron chi connectivity index (χ0n) is 20.6. The van der Waals surface area contributed by atoms with Crippen LogP contribution >= 0.6 is 11.8 Å². The van der Waals surface area contributed by atoms with E-state index in [2.05, 4.69) is 25.6 Å². The van der Waals surface area contributed by atoms with E-state index in [1.165, 1.54) is 16.8 Å². The third-order valence-corrected chi connectivity index (χ3v) is 8.19. The highest BCUT2D eigenvalue weighted by Gasteiger charge is 2.47. The molecule has 2 aliphatic rings. The maximum absolute atomic E-state index is 13.0.